The van der Waals surface area contributed by atoms with E-state index in [0.29, 0.717) is 0 Å². The molecule has 1 atom stereocenters. The normalized spacial score (nSPS) is 12.3. The van der Waals surface area contributed by atoms with Crippen molar-refractivity contribution in [3.8, 4) is 5.75 Å². The van der Waals surface area contributed by atoms with Crippen LogP contribution in [0.2, 0.25) is 0 Å². The molecule has 106 valence electrons. The first-order valence-electron chi connectivity index (χ1n) is 6.50. The van der Waals surface area contributed by atoms with Gasteiger partial charge in [0, 0.05) is 10.0 Å². The molecule has 0 aliphatic carbocycles. The molecule has 3 heteroatoms. The third-order valence-electron chi connectivity index (χ3n) is 3.63. The third-order valence-corrected chi connectivity index (χ3v) is 5.40. The fraction of sp³-hybridized carbons (Fsp3) is 0.294. The SMILES string of the molecule is COc1c(C)cc(Br)c(C)c1C(Br)c1ccccc1C. The molecule has 2 rings (SSSR count). The lowest BCUT2D eigenvalue weighted by molar-refractivity contribution is 0.406. The van der Waals surface area contributed by atoms with E-state index in [4.69, 9.17) is 4.74 Å². The number of rotatable bonds is 3. The van der Waals surface area contributed by atoms with Crippen molar-refractivity contribution in [2.75, 3.05) is 7.11 Å². The minimum absolute atomic E-state index is 0.120. The molecule has 0 aliphatic rings. The molecule has 20 heavy (non-hydrogen) atoms. The van der Waals surface area contributed by atoms with E-state index in [2.05, 4.69) is 83.0 Å². The van der Waals surface area contributed by atoms with Crippen molar-refractivity contribution in [2.45, 2.75) is 25.6 Å². The largest absolute Gasteiger partial charge is 0.496 e. The number of ether oxygens (including phenoxy) is 1. The maximum absolute atomic E-state index is 5.64. The van der Waals surface area contributed by atoms with Crippen molar-refractivity contribution < 1.29 is 4.74 Å². The molecule has 0 N–H and O–H groups in total. The average Bonchev–Trinajstić information content (AvgIpc) is 2.42. The van der Waals surface area contributed by atoms with Crippen LogP contribution in [0.4, 0.5) is 0 Å². The molecule has 2 aromatic rings. The fourth-order valence-electron chi connectivity index (χ4n) is 2.48. The van der Waals surface area contributed by atoms with Crippen LogP contribution in [0.15, 0.2) is 34.8 Å². The summed E-state index contributed by atoms with van der Waals surface area (Å²) in [4.78, 5) is 0.120. The van der Waals surface area contributed by atoms with E-state index < -0.39 is 0 Å². The van der Waals surface area contributed by atoms with Gasteiger partial charge in [0.25, 0.3) is 0 Å². The predicted molar refractivity (Wildman–Crippen MR) is 92.1 cm³/mol. The van der Waals surface area contributed by atoms with Crippen LogP contribution in [-0.2, 0) is 0 Å². The lowest BCUT2D eigenvalue weighted by Crippen LogP contribution is -2.04. The fourth-order valence-corrected chi connectivity index (χ4v) is 4.10. The Balaban J connectivity index is 2.66. The Kier molecular flexibility index (Phi) is 4.92. The Morgan fingerprint density at radius 1 is 1.05 bits per heavy atom. The summed E-state index contributed by atoms with van der Waals surface area (Å²) in [5, 5.41) is 0. The Morgan fingerprint density at radius 3 is 2.30 bits per heavy atom. The Bertz CT molecular complexity index is 635. The summed E-state index contributed by atoms with van der Waals surface area (Å²) >= 11 is 7.50. The highest BCUT2D eigenvalue weighted by atomic mass is 79.9. The molecule has 0 saturated carbocycles. The Morgan fingerprint density at radius 2 is 1.70 bits per heavy atom. The van der Waals surface area contributed by atoms with E-state index >= 15 is 0 Å². The first-order valence-corrected chi connectivity index (χ1v) is 8.21. The number of alkyl halides is 1. The van der Waals surface area contributed by atoms with Gasteiger partial charge in [-0.3, -0.25) is 0 Å². The second kappa shape index (κ2) is 6.31. The van der Waals surface area contributed by atoms with Gasteiger partial charge in [-0.15, -0.1) is 0 Å². The monoisotopic (exact) mass is 396 g/mol. The van der Waals surface area contributed by atoms with Gasteiger partial charge in [0.1, 0.15) is 5.75 Å². The van der Waals surface area contributed by atoms with E-state index in [1.54, 1.807) is 7.11 Å². The number of aryl methyl sites for hydroxylation is 2. The number of hydrogen-bond donors (Lipinski definition) is 0. The topological polar surface area (TPSA) is 9.23 Å². The van der Waals surface area contributed by atoms with Gasteiger partial charge >= 0.3 is 0 Å². The summed E-state index contributed by atoms with van der Waals surface area (Å²) in [6, 6.07) is 10.5. The predicted octanol–water partition coefficient (Wildman–Crippen LogP) is 5.87. The van der Waals surface area contributed by atoms with E-state index in [-0.39, 0.29) is 4.83 Å². The van der Waals surface area contributed by atoms with Crippen LogP contribution in [0.5, 0.6) is 5.75 Å². The molecule has 0 spiro atoms. The number of halogens is 2. The van der Waals surface area contributed by atoms with Gasteiger partial charge in [-0.05, 0) is 49.1 Å². The van der Waals surface area contributed by atoms with Crippen molar-refractivity contribution in [3.63, 3.8) is 0 Å². The summed E-state index contributed by atoms with van der Waals surface area (Å²) in [6.45, 7) is 6.33. The summed E-state index contributed by atoms with van der Waals surface area (Å²) < 4.78 is 6.76. The molecular weight excluding hydrogens is 380 g/mol. The van der Waals surface area contributed by atoms with Gasteiger partial charge in [-0.25, -0.2) is 0 Å². The number of benzene rings is 2. The molecule has 0 amide bonds. The van der Waals surface area contributed by atoms with Crippen molar-refractivity contribution in [1.82, 2.24) is 0 Å². The zero-order chi connectivity index (χ0) is 14.9. The molecule has 2 aromatic carbocycles. The van der Waals surface area contributed by atoms with Gasteiger partial charge < -0.3 is 4.74 Å². The molecule has 1 nitrogen and oxygen atoms in total. The maximum atomic E-state index is 5.64. The van der Waals surface area contributed by atoms with Crippen LogP contribution in [0.1, 0.15) is 32.6 Å². The lowest BCUT2D eigenvalue weighted by Gasteiger charge is -2.21. The number of hydrogen-bond acceptors (Lipinski definition) is 1. The highest BCUT2D eigenvalue weighted by Gasteiger charge is 2.22. The van der Waals surface area contributed by atoms with Crippen molar-refractivity contribution in [1.29, 1.82) is 0 Å². The van der Waals surface area contributed by atoms with Crippen LogP contribution >= 0.6 is 31.9 Å². The molecular formula is C17H18Br2O. The average molecular weight is 398 g/mol. The quantitative estimate of drug-likeness (QED) is 0.588. The minimum Gasteiger partial charge on any atom is -0.496 e. The molecule has 0 bridgehead atoms. The summed E-state index contributed by atoms with van der Waals surface area (Å²) in [7, 11) is 1.73. The highest BCUT2D eigenvalue weighted by molar-refractivity contribution is 9.10. The van der Waals surface area contributed by atoms with Gasteiger partial charge in [0.2, 0.25) is 0 Å². The Labute approximate surface area is 137 Å². The van der Waals surface area contributed by atoms with Crippen molar-refractivity contribution in [2.24, 2.45) is 0 Å². The smallest absolute Gasteiger partial charge is 0.126 e. The zero-order valence-corrected chi connectivity index (χ0v) is 15.3. The van der Waals surface area contributed by atoms with E-state index in [1.807, 2.05) is 0 Å². The first-order chi connectivity index (χ1) is 9.47. The van der Waals surface area contributed by atoms with E-state index in [1.165, 1.54) is 22.3 Å². The van der Waals surface area contributed by atoms with Crippen LogP contribution in [0, 0.1) is 20.8 Å². The molecule has 0 aliphatic heterocycles. The van der Waals surface area contributed by atoms with E-state index in [0.717, 1.165) is 15.8 Å². The van der Waals surface area contributed by atoms with Crippen LogP contribution in [0.3, 0.4) is 0 Å². The zero-order valence-electron chi connectivity index (χ0n) is 12.1. The van der Waals surface area contributed by atoms with Gasteiger partial charge in [-0.2, -0.15) is 0 Å². The summed E-state index contributed by atoms with van der Waals surface area (Å²) in [5.41, 5.74) is 6.07. The highest BCUT2D eigenvalue weighted by Crippen LogP contribution is 2.43. The van der Waals surface area contributed by atoms with Gasteiger partial charge in [0.15, 0.2) is 0 Å². The van der Waals surface area contributed by atoms with Crippen LogP contribution < -0.4 is 4.74 Å². The third kappa shape index (κ3) is 2.79. The molecule has 0 fully saturated rings. The standard InChI is InChI=1S/C17H18Br2O/c1-10-7-5-6-8-13(10)16(19)15-12(3)14(18)9-11(2)17(15)20-4/h5-9,16H,1-4H3. The van der Waals surface area contributed by atoms with E-state index in [9.17, 15) is 0 Å². The first kappa shape index (κ1) is 15.6. The Hall–Kier alpha value is -0.800. The summed E-state index contributed by atoms with van der Waals surface area (Å²) in [6.07, 6.45) is 0. The van der Waals surface area contributed by atoms with Crippen molar-refractivity contribution >= 4 is 31.9 Å². The van der Waals surface area contributed by atoms with Crippen LogP contribution in [0.25, 0.3) is 0 Å². The lowest BCUT2D eigenvalue weighted by atomic mass is 9.95. The van der Waals surface area contributed by atoms with Gasteiger partial charge in [0.05, 0.1) is 11.9 Å². The second-order valence-corrected chi connectivity index (χ2v) is 6.74. The molecule has 0 radical (unpaired) electrons. The van der Waals surface area contributed by atoms with Crippen molar-refractivity contribution in [3.05, 3.63) is 62.6 Å². The molecule has 0 heterocycles. The van der Waals surface area contributed by atoms with Gasteiger partial charge in [-0.1, -0.05) is 56.1 Å². The molecule has 1 unspecified atom stereocenters. The molecule has 0 aromatic heterocycles. The van der Waals surface area contributed by atoms with Crippen LogP contribution in [-0.4, -0.2) is 7.11 Å². The molecule has 0 saturated heterocycles. The maximum Gasteiger partial charge on any atom is 0.126 e. The second-order valence-electron chi connectivity index (χ2n) is 4.97. The minimum atomic E-state index is 0.120. The number of methoxy groups -OCH3 is 1. The summed E-state index contributed by atoms with van der Waals surface area (Å²) in [5.74, 6) is 0.954.